The molecule has 0 bridgehead atoms. The van der Waals surface area contributed by atoms with Crippen molar-refractivity contribution in [3.8, 4) is 0 Å². The number of aryl methyl sites for hydroxylation is 2. The number of hydrogen-bond donors (Lipinski definition) is 0. The number of fused-ring (bicyclic) bond motifs is 4. The van der Waals surface area contributed by atoms with Gasteiger partial charge in [-0.3, -0.25) is 0 Å². The highest BCUT2D eigenvalue weighted by Crippen LogP contribution is 2.78. The molecule has 0 N–H and O–H groups in total. The molecule has 1 aliphatic heterocycles. The van der Waals surface area contributed by atoms with Crippen molar-refractivity contribution >= 4 is 35.0 Å². The normalized spacial score (nSPS) is 21.4. The predicted octanol–water partition coefficient (Wildman–Crippen LogP) is 4.91. The summed E-state index contributed by atoms with van der Waals surface area (Å²) in [7, 11) is 0. The third-order valence-corrected chi connectivity index (χ3v) is 6.77. The van der Waals surface area contributed by atoms with Gasteiger partial charge in [0.2, 0.25) is 0 Å². The third-order valence-electron chi connectivity index (χ3n) is 4.11. The Hall–Kier alpha value is -0.630. The van der Waals surface area contributed by atoms with Crippen molar-refractivity contribution in [2.45, 2.75) is 21.3 Å². The average Bonchev–Trinajstić information content (AvgIpc) is 3.04. The third kappa shape index (κ3) is 1.55. The average molecular weight is 307 g/mol. The van der Waals surface area contributed by atoms with Crippen LogP contribution in [0.2, 0.25) is 0 Å². The predicted molar refractivity (Wildman–Crippen MR) is 83.1 cm³/mol. The first-order valence-corrected chi connectivity index (χ1v) is 7.97. The van der Waals surface area contributed by atoms with Crippen LogP contribution in [0.5, 0.6) is 0 Å². The SMILES string of the molecule is ClC1(Cl)SC12c1ccccc1CCc1ccccc12. The lowest BCUT2D eigenvalue weighted by Crippen LogP contribution is -2.18. The first-order chi connectivity index (χ1) is 9.15. The monoisotopic (exact) mass is 306 g/mol. The lowest BCUT2D eigenvalue weighted by atomic mass is 9.89. The van der Waals surface area contributed by atoms with Crippen LogP contribution >= 0.6 is 35.0 Å². The molecule has 0 amide bonds. The van der Waals surface area contributed by atoms with Gasteiger partial charge in [-0.15, -0.1) is 11.8 Å². The molecule has 19 heavy (non-hydrogen) atoms. The van der Waals surface area contributed by atoms with E-state index in [1.54, 1.807) is 11.8 Å². The van der Waals surface area contributed by atoms with Crippen molar-refractivity contribution in [1.82, 2.24) is 0 Å². The molecule has 1 heterocycles. The Morgan fingerprint density at radius 3 is 1.63 bits per heavy atom. The molecule has 0 radical (unpaired) electrons. The summed E-state index contributed by atoms with van der Waals surface area (Å²) in [6, 6.07) is 17.1. The van der Waals surface area contributed by atoms with Crippen molar-refractivity contribution < 1.29 is 0 Å². The van der Waals surface area contributed by atoms with Gasteiger partial charge in [0.25, 0.3) is 0 Å². The van der Waals surface area contributed by atoms with E-state index in [0.29, 0.717) is 0 Å². The Balaban J connectivity index is 2.04. The molecule has 96 valence electrons. The molecule has 4 rings (SSSR count). The van der Waals surface area contributed by atoms with Gasteiger partial charge in [-0.1, -0.05) is 71.7 Å². The number of thioether (sulfide) groups is 1. The quantitative estimate of drug-likeness (QED) is 0.492. The first-order valence-electron chi connectivity index (χ1n) is 6.40. The number of halogens is 2. The molecule has 1 aliphatic carbocycles. The molecule has 0 aromatic heterocycles. The molecular weight excluding hydrogens is 295 g/mol. The van der Waals surface area contributed by atoms with Crippen LogP contribution in [0, 0.1) is 0 Å². The zero-order valence-corrected chi connectivity index (χ0v) is 12.5. The molecule has 1 spiro atoms. The number of hydrogen-bond acceptors (Lipinski definition) is 1. The van der Waals surface area contributed by atoms with Crippen LogP contribution in [0.4, 0.5) is 0 Å². The van der Waals surface area contributed by atoms with E-state index in [1.807, 2.05) is 0 Å². The van der Waals surface area contributed by atoms with E-state index in [2.05, 4.69) is 48.5 Å². The van der Waals surface area contributed by atoms with Crippen LogP contribution in [-0.4, -0.2) is 3.67 Å². The number of benzene rings is 2. The zero-order chi connectivity index (χ0) is 13.1. The fourth-order valence-electron chi connectivity index (χ4n) is 3.17. The van der Waals surface area contributed by atoms with Gasteiger partial charge in [-0.25, -0.2) is 0 Å². The molecule has 2 aromatic carbocycles. The molecule has 2 aliphatic rings. The van der Waals surface area contributed by atoms with E-state index in [9.17, 15) is 0 Å². The van der Waals surface area contributed by atoms with Crippen LogP contribution < -0.4 is 0 Å². The maximum absolute atomic E-state index is 6.53. The van der Waals surface area contributed by atoms with Gasteiger partial charge in [0, 0.05) is 0 Å². The molecule has 1 saturated heterocycles. The summed E-state index contributed by atoms with van der Waals surface area (Å²) in [6.07, 6.45) is 2.11. The topological polar surface area (TPSA) is 0 Å². The van der Waals surface area contributed by atoms with Crippen molar-refractivity contribution in [2.24, 2.45) is 0 Å². The maximum atomic E-state index is 6.53. The van der Waals surface area contributed by atoms with Crippen LogP contribution in [0.1, 0.15) is 22.3 Å². The van der Waals surface area contributed by atoms with E-state index >= 15 is 0 Å². The summed E-state index contributed by atoms with van der Waals surface area (Å²) in [5.41, 5.74) is 5.31. The minimum absolute atomic E-state index is 0.278. The lowest BCUT2D eigenvalue weighted by molar-refractivity contribution is 0.868. The zero-order valence-electron chi connectivity index (χ0n) is 10.2. The van der Waals surface area contributed by atoms with Crippen LogP contribution in [0.25, 0.3) is 0 Å². The fourth-order valence-corrected chi connectivity index (χ4v) is 5.44. The summed E-state index contributed by atoms with van der Waals surface area (Å²) in [6.45, 7) is 0. The second-order valence-corrected chi connectivity index (χ2v) is 8.32. The highest BCUT2D eigenvalue weighted by molar-refractivity contribution is 8.12. The van der Waals surface area contributed by atoms with Gasteiger partial charge in [-0.2, -0.15) is 0 Å². The second-order valence-electron chi connectivity index (χ2n) is 5.11. The largest absolute Gasteiger partial charge is 0.187 e. The second kappa shape index (κ2) is 3.94. The molecule has 0 nitrogen and oxygen atoms in total. The van der Waals surface area contributed by atoms with Gasteiger partial charge in [-0.05, 0) is 35.1 Å². The molecular formula is C16H12Cl2S. The van der Waals surface area contributed by atoms with Crippen molar-refractivity contribution in [3.63, 3.8) is 0 Å². The van der Waals surface area contributed by atoms with E-state index in [0.717, 1.165) is 12.8 Å². The Morgan fingerprint density at radius 1 is 0.789 bits per heavy atom. The van der Waals surface area contributed by atoms with E-state index in [-0.39, 0.29) is 4.75 Å². The van der Waals surface area contributed by atoms with Crippen molar-refractivity contribution in [2.75, 3.05) is 0 Å². The Morgan fingerprint density at radius 2 is 1.21 bits per heavy atom. The van der Waals surface area contributed by atoms with Crippen LogP contribution in [0.15, 0.2) is 48.5 Å². The standard InChI is InChI=1S/C16H12Cl2S/c17-16(18)15(19-16)13-7-3-1-5-11(13)9-10-12-6-2-4-8-14(12)15/h1-8H,9-10H2. The number of alkyl halides is 2. The smallest absolute Gasteiger partial charge is 0.100 e. The summed E-state index contributed by atoms with van der Waals surface area (Å²) in [5.74, 6) is 0. The summed E-state index contributed by atoms with van der Waals surface area (Å²) in [4.78, 5) is 0. The Kier molecular flexibility index (Phi) is 2.52. The van der Waals surface area contributed by atoms with Crippen LogP contribution in [-0.2, 0) is 17.6 Å². The molecule has 0 saturated carbocycles. The highest BCUT2D eigenvalue weighted by atomic mass is 35.5. The lowest BCUT2D eigenvalue weighted by Gasteiger charge is -2.19. The maximum Gasteiger partial charge on any atom is 0.187 e. The van der Waals surface area contributed by atoms with E-state index in [1.165, 1.54) is 22.3 Å². The summed E-state index contributed by atoms with van der Waals surface area (Å²) >= 11 is 14.7. The Labute approximate surface area is 127 Å². The summed E-state index contributed by atoms with van der Waals surface area (Å²) < 4.78 is -1.02. The Bertz CT molecular complexity index is 616. The van der Waals surface area contributed by atoms with E-state index in [4.69, 9.17) is 23.2 Å². The van der Waals surface area contributed by atoms with Gasteiger partial charge >= 0.3 is 0 Å². The summed E-state index contributed by atoms with van der Waals surface area (Å²) in [5, 5.41) is 0. The van der Waals surface area contributed by atoms with Gasteiger partial charge < -0.3 is 0 Å². The minimum atomic E-state index is -0.746. The van der Waals surface area contributed by atoms with Gasteiger partial charge in [0.05, 0.1) is 0 Å². The molecule has 0 unspecified atom stereocenters. The highest BCUT2D eigenvalue weighted by Gasteiger charge is 2.71. The van der Waals surface area contributed by atoms with Gasteiger partial charge in [0.15, 0.2) is 3.67 Å². The molecule has 1 fully saturated rings. The molecule has 0 atom stereocenters. The van der Waals surface area contributed by atoms with Crippen LogP contribution in [0.3, 0.4) is 0 Å². The number of rotatable bonds is 0. The van der Waals surface area contributed by atoms with Crippen molar-refractivity contribution in [1.29, 1.82) is 0 Å². The first kappa shape index (κ1) is 12.1. The fraction of sp³-hybridized carbons (Fsp3) is 0.250. The van der Waals surface area contributed by atoms with Crippen molar-refractivity contribution in [3.05, 3.63) is 70.8 Å². The van der Waals surface area contributed by atoms with Gasteiger partial charge in [0.1, 0.15) is 4.75 Å². The molecule has 2 aromatic rings. The minimum Gasteiger partial charge on any atom is -0.100 e. The van der Waals surface area contributed by atoms with E-state index < -0.39 is 3.67 Å². The molecule has 3 heteroatoms.